The van der Waals surface area contributed by atoms with E-state index in [4.69, 9.17) is 4.98 Å². The number of thiazole rings is 1. The minimum absolute atomic E-state index is 0.138. The van der Waals surface area contributed by atoms with Gasteiger partial charge in [-0.1, -0.05) is 24.3 Å². The molecule has 0 amide bonds. The average Bonchev–Trinajstić information content (AvgIpc) is 3.54. The number of anilines is 1. The molecule has 0 radical (unpaired) electrons. The average molecular weight is 483 g/mol. The Kier molecular flexibility index (Phi) is 4.96. The predicted octanol–water partition coefficient (Wildman–Crippen LogP) is 4.20. The minimum atomic E-state index is -0.138. The maximum Gasteiger partial charge on any atom is 0.291 e. The largest absolute Gasteiger partial charge is 0.323 e. The van der Waals surface area contributed by atoms with E-state index >= 15 is 0 Å². The summed E-state index contributed by atoms with van der Waals surface area (Å²) in [5, 5.41) is 18.3. The van der Waals surface area contributed by atoms with Crippen LogP contribution in [0.15, 0.2) is 58.7 Å². The molecule has 0 aliphatic carbocycles. The number of hydrogen-bond donors (Lipinski definition) is 2. The van der Waals surface area contributed by atoms with E-state index < -0.39 is 0 Å². The van der Waals surface area contributed by atoms with E-state index in [2.05, 4.69) is 50.7 Å². The van der Waals surface area contributed by atoms with Crippen LogP contribution in [0.3, 0.4) is 0 Å². The van der Waals surface area contributed by atoms with Crippen molar-refractivity contribution in [3.63, 3.8) is 0 Å². The highest BCUT2D eigenvalue weighted by molar-refractivity contribution is 7.19. The van der Waals surface area contributed by atoms with Crippen LogP contribution >= 0.6 is 11.3 Å². The van der Waals surface area contributed by atoms with Crippen LogP contribution in [0, 0.1) is 6.92 Å². The quantitative estimate of drug-likeness (QED) is 0.273. The molecule has 0 aliphatic rings. The maximum atomic E-state index is 13.4. The molecular formula is C25H22N8OS. The van der Waals surface area contributed by atoms with Crippen molar-refractivity contribution in [2.75, 3.05) is 5.43 Å². The van der Waals surface area contributed by atoms with E-state index in [-0.39, 0.29) is 5.56 Å². The lowest BCUT2D eigenvalue weighted by Crippen LogP contribution is -2.25. The van der Waals surface area contributed by atoms with E-state index in [1.54, 1.807) is 17.5 Å². The smallest absolute Gasteiger partial charge is 0.291 e. The van der Waals surface area contributed by atoms with Crippen LogP contribution in [0.1, 0.15) is 21.7 Å². The highest BCUT2D eigenvalue weighted by atomic mass is 32.1. The van der Waals surface area contributed by atoms with Crippen LogP contribution in [-0.4, -0.2) is 36.2 Å². The number of aryl methyl sites for hydroxylation is 1. The molecule has 0 bridgehead atoms. The summed E-state index contributed by atoms with van der Waals surface area (Å²) in [6.45, 7) is 5.83. The Hall–Kier alpha value is -4.31. The summed E-state index contributed by atoms with van der Waals surface area (Å²) in [7, 11) is 1.89. The van der Waals surface area contributed by atoms with Crippen LogP contribution < -0.4 is 11.0 Å². The summed E-state index contributed by atoms with van der Waals surface area (Å²) in [6, 6.07) is 12.1. The van der Waals surface area contributed by atoms with Crippen molar-refractivity contribution in [3.05, 3.63) is 80.8 Å². The molecule has 4 aromatic heterocycles. The van der Waals surface area contributed by atoms with Gasteiger partial charge < -0.3 is 4.57 Å². The fourth-order valence-electron chi connectivity index (χ4n) is 4.51. The van der Waals surface area contributed by atoms with Crippen molar-refractivity contribution in [3.8, 4) is 0 Å². The van der Waals surface area contributed by atoms with Crippen LogP contribution in [0.25, 0.3) is 32.2 Å². The normalized spacial score (nSPS) is 11.6. The fraction of sp³-hybridized carbons (Fsp3) is 0.160. The van der Waals surface area contributed by atoms with E-state index in [0.717, 1.165) is 54.0 Å². The Balaban J connectivity index is 1.37. The lowest BCUT2D eigenvalue weighted by atomic mass is 10.1. The number of nitrogens with zero attached hydrogens (tertiary/aromatic N) is 6. The summed E-state index contributed by atoms with van der Waals surface area (Å²) in [5.41, 5.74) is 9.17. The second kappa shape index (κ2) is 8.17. The Morgan fingerprint density at radius 2 is 2.11 bits per heavy atom. The number of aromatic nitrogens is 6. The highest BCUT2D eigenvalue weighted by Crippen LogP contribution is 2.32. The Labute approximate surface area is 203 Å². The molecule has 0 aliphatic heterocycles. The van der Waals surface area contributed by atoms with Crippen molar-refractivity contribution in [1.82, 2.24) is 29.5 Å². The molecule has 0 saturated carbocycles. The van der Waals surface area contributed by atoms with Gasteiger partial charge in [-0.05, 0) is 35.7 Å². The maximum absolute atomic E-state index is 13.4. The van der Waals surface area contributed by atoms with Gasteiger partial charge in [0, 0.05) is 31.0 Å². The summed E-state index contributed by atoms with van der Waals surface area (Å²) < 4.78 is 4.37. The molecule has 0 unspecified atom stereocenters. The first-order chi connectivity index (χ1) is 17.0. The van der Waals surface area contributed by atoms with Crippen molar-refractivity contribution in [1.29, 1.82) is 0 Å². The zero-order chi connectivity index (χ0) is 24.1. The van der Waals surface area contributed by atoms with Crippen LogP contribution in [0.4, 0.5) is 5.69 Å². The van der Waals surface area contributed by atoms with Gasteiger partial charge in [0.25, 0.3) is 5.56 Å². The molecule has 9 nitrogen and oxygen atoms in total. The van der Waals surface area contributed by atoms with Crippen molar-refractivity contribution >= 4 is 55.9 Å². The molecule has 2 aromatic carbocycles. The molecule has 10 heteroatoms. The summed E-state index contributed by atoms with van der Waals surface area (Å²) in [5.74, 6) is 0. The molecule has 0 spiro atoms. The van der Waals surface area contributed by atoms with Gasteiger partial charge in [0.1, 0.15) is 10.5 Å². The lowest BCUT2D eigenvalue weighted by Gasteiger charge is -2.11. The van der Waals surface area contributed by atoms with Gasteiger partial charge in [-0.2, -0.15) is 15.3 Å². The van der Waals surface area contributed by atoms with Gasteiger partial charge in [-0.25, -0.2) is 9.67 Å². The third kappa shape index (κ3) is 3.50. The van der Waals surface area contributed by atoms with Gasteiger partial charge in [0.15, 0.2) is 5.65 Å². The molecule has 0 fully saturated rings. The number of hydrogen-bond acceptors (Lipinski definition) is 7. The first-order valence-corrected chi connectivity index (χ1v) is 11.9. The number of rotatable bonds is 6. The summed E-state index contributed by atoms with van der Waals surface area (Å²) in [4.78, 5) is 18.3. The topological polar surface area (TPSA) is 106 Å². The van der Waals surface area contributed by atoms with Crippen LogP contribution in [0.5, 0.6) is 0 Å². The van der Waals surface area contributed by atoms with Gasteiger partial charge >= 0.3 is 0 Å². The van der Waals surface area contributed by atoms with Gasteiger partial charge in [0.2, 0.25) is 0 Å². The van der Waals surface area contributed by atoms with Crippen molar-refractivity contribution < 1.29 is 0 Å². The number of hydrazone groups is 1. The number of nitrogens with one attached hydrogen (secondary N) is 2. The van der Waals surface area contributed by atoms with Crippen LogP contribution in [0.2, 0.25) is 0 Å². The second-order valence-corrected chi connectivity index (χ2v) is 9.60. The Morgan fingerprint density at radius 1 is 1.23 bits per heavy atom. The van der Waals surface area contributed by atoms with Crippen molar-refractivity contribution in [2.24, 2.45) is 12.1 Å². The number of benzene rings is 2. The van der Waals surface area contributed by atoms with Crippen LogP contribution in [-0.2, 0) is 20.0 Å². The Morgan fingerprint density at radius 3 is 2.97 bits per heavy atom. The van der Waals surface area contributed by atoms with E-state index in [1.807, 2.05) is 42.9 Å². The van der Waals surface area contributed by atoms with E-state index in [9.17, 15) is 4.79 Å². The SMILES string of the molecule is C=NNc1cccc(Cn2ncc3c4sc(Cc5ccc6cn[nH]c6c5)nc4n(C)c3c2=O)c1C. The third-order valence-electron chi connectivity index (χ3n) is 6.40. The Bertz CT molecular complexity index is 1810. The summed E-state index contributed by atoms with van der Waals surface area (Å²) in [6.07, 6.45) is 4.31. The molecule has 6 rings (SSSR count). The monoisotopic (exact) mass is 482 g/mol. The molecule has 6 aromatic rings. The minimum Gasteiger partial charge on any atom is -0.323 e. The third-order valence-corrected chi connectivity index (χ3v) is 7.47. The first-order valence-electron chi connectivity index (χ1n) is 11.1. The zero-order valence-electron chi connectivity index (χ0n) is 19.2. The predicted molar refractivity (Wildman–Crippen MR) is 141 cm³/mol. The highest BCUT2D eigenvalue weighted by Gasteiger charge is 2.19. The second-order valence-electron chi connectivity index (χ2n) is 8.52. The number of fused-ring (bicyclic) bond motifs is 4. The van der Waals surface area contributed by atoms with Crippen molar-refractivity contribution in [2.45, 2.75) is 19.9 Å². The zero-order valence-corrected chi connectivity index (χ0v) is 20.1. The van der Waals surface area contributed by atoms with Gasteiger partial charge in [-0.3, -0.25) is 15.3 Å². The number of H-pyrrole nitrogens is 1. The van der Waals surface area contributed by atoms with E-state index in [0.29, 0.717) is 18.5 Å². The number of aromatic amines is 1. The first kappa shape index (κ1) is 21.2. The molecule has 0 atom stereocenters. The van der Waals surface area contributed by atoms with Gasteiger partial charge in [-0.15, -0.1) is 11.3 Å². The fourth-order valence-corrected chi connectivity index (χ4v) is 5.65. The standard InChI is InChI=1S/C25H22N8OS/c1-14-17(5-4-6-19(14)30-26-2)13-33-25(34)22-18(12-28-33)23-24(32(22)3)29-21(35-23)10-15-7-8-16-11-27-31-20(16)9-15/h4-9,11-12,30H,2,10,13H2,1,3H3,(H,27,31). The lowest BCUT2D eigenvalue weighted by molar-refractivity contribution is 0.642. The molecule has 2 N–H and O–H groups in total. The molecule has 4 heterocycles. The van der Waals surface area contributed by atoms with E-state index in [1.165, 1.54) is 4.68 Å². The summed E-state index contributed by atoms with van der Waals surface area (Å²) >= 11 is 1.61. The molecule has 35 heavy (non-hydrogen) atoms. The molecular weight excluding hydrogens is 460 g/mol. The molecule has 0 saturated heterocycles. The van der Waals surface area contributed by atoms with Gasteiger partial charge in [0.05, 0.1) is 34.8 Å². The molecule has 174 valence electrons.